The molecule has 0 saturated heterocycles. The molecule has 2 aliphatic rings. The van der Waals surface area contributed by atoms with E-state index in [1.165, 1.54) is 6.92 Å². The second-order valence-corrected chi connectivity index (χ2v) is 10.7. The highest BCUT2D eigenvalue weighted by molar-refractivity contribution is 5.93. The van der Waals surface area contributed by atoms with E-state index in [9.17, 15) is 14.7 Å². The molecule has 1 aliphatic heterocycles. The van der Waals surface area contributed by atoms with Crippen molar-refractivity contribution in [3.8, 4) is 39.6 Å². The maximum Gasteiger partial charge on any atom is 0.405 e. The van der Waals surface area contributed by atoms with E-state index < -0.39 is 11.6 Å². The van der Waals surface area contributed by atoms with Crippen molar-refractivity contribution >= 4 is 29.2 Å². The van der Waals surface area contributed by atoms with Crippen molar-refractivity contribution in [2.75, 3.05) is 10.6 Å². The molecule has 0 spiro atoms. The van der Waals surface area contributed by atoms with Gasteiger partial charge in [0, 0.05) is 35.5 Å². The predicted molar refractivity (Wildman–Crippen MR) is 162 cm³/mol. The molecule has 2 amide bonds. The Morgan fingerprint density at radius 3 is 2.50 bits per heavy atom. The van der Waals surface area contributed by atoms with Gasteiger partial charge in [0.15, 0.2) is 5.82 Å². The van der Waals surface area contributed by atoms with E-state index in [0.717, 1.165) is 70.1 Å². The first kappa shape index (κ1) is 25.5. The number of para-hydroxylation sites is 1. The van der Waals surface area contributed by atoms with E-state index >= 15 is 0 Å². The fraction of sp³-hybridized carbons (Fsp3) is 0.152. The van der Waals surface area contributed by atoms with Crippen molar-refractivity contribution in [2.24, 2.45) is 0 Å². The molecule has 7 rings (SSSR count). The van der Waals surface area contributed by atoms with Crippen LogP contribution in [-0.2, 0) is 10.3 Å². The van der Waals surface area contributed by atoms with Crippen LogP contribution >= 0.6 is 0 Å². The van der Waals surface area contributed by atoms with E-state index in [1.54, 1.807) is 6.20 Å². The number of fused-ring (bicyclic) bond motifs is 5. The van der Waals surface area contributed by atoms with Gasteiger partial charge in [0.25, 0.3) is 0 Å². The zero-order valence-corrected chi connectivity index (χ0v) is 22.9. The van der Waals surface area contributed by atoms with Crippen LogP contribution in [-0.4, -0.2) is 31.6 Å². The first-order valence-electron chi connectivity index (χ1n) is 13.9. The number of benzene rings is 3. The van der Waals surface area contributed by atoms with Gasteiger partial charge >= 0.3 is 6.09 Å². The molecule has 208 valence electrons. The van der Waals surface area contributed by atoms with Gasteiger partial charge in [-0.2, -0.15) is 0 Å². The molecule has 4 N–H and O–H groups in total. The molecule has 0 unspecified atom stereocenters. The van der Waals surface area contributed by atoms with Crippen LogP contribution in [0.15, 0.2) is 91.1 Å². The zero-order valence-electron chi connectivity index (χ0n) is 22.9. The number of imidazole rings is 1. The largest absolute Gasteiger partial charge is 0.465 e. The smallest absolute Gasteiger partial charge is 0.405 e. The molecular formula is C33H28N6O3. The summed E-state index contributed by atoms with van der Waals surface area (Å²) in [6.07, 6.45) is 3.25. The lowest BCUT2D eigenvalue weighted by Gasteiger charge is -2.42. The van der Waals surface area contributed by atoms with Crippen LogP contribution in [0, 0.1) is 0 Å². The molecule has 0 atom stereocenters. The molecule has 1 fully saturated rings. The van der Waals surface area contributed by atoms with Gasteiger partial charge in [0.2, 0.25) is 5.91 Å². The number of nitrogens with one attached hydrogen (secondary N) is 3. The number of carboxylic acid groups (broad SMARTS) is 1. The third-order valence-corrected chi connectivity index (χ3v) is 8.05. The summed E-state index contributed by atoms with van der Waals surface area (Å²) < 4.78 is 2.13. The number of carbonyl (C=O) groups is 2. The number of aromatic nitrogens is 3. The zero-order chi connectivity index (χ0) is 28.8. The molecule has 3 heterocycles. The SMILES string of the molecule is CC(=O)Nc1cccc(-c2nc3n(c2-c2ccc(C4(NC(=O)O)CCC4)cc2)-c2cccnc2Nc2ccccc2-3)c1. The molecular weight excluding hydrogens is 528 g/mol. The Hall–Kier alpha value is -5.44. The van der Waals surface area contributed by atoms with Crippen molar-refractivity contribution in [3.05, 3.63) is 96.7 Å². The van der Waals surface area contributed by atoms with Crippen molar-refractivity contribution in [1.82, 2.24) is 19.9 Å². The standard InChI is InChI=1S/C33H28N6O3/c1-20(40)35-24-8-4-7-22(19-24)28-29(21-12-14-23(15-13-21)33(16-6-17-33)38-32(41)42)39-27-11-5-18-34-30(27)36-26-10-3-2-9-25(26)31(39)37-28/h2-5,7-15,18-19,38H,6,16-17H2,1H3,(H,34,36)(H,35,40)(H,41,42). The Balaban J connectivity index is 1.48. The van der Waals surface area contributed by atoms with Gasteiger partial charge < -0.3 is 21.1 Å². The first-order chi connectivity index (χ1) is 20.4. The third-order valence-electron chi connectivity index (χ3n) is 8.05. The molecule has 1 aliphatic carbocycles. The van der Waals surface area contributed by atoms with Gasteiger partial charge in [0.1, 0.15) is 5.82 Å². The summed E-state index contributed by atoms with van der Waals surface area (Å²) in [6.45, 7) is 1.49. The number of pyridine rings is 1. The number of nitrogens with zero attached hydrogens (tertiary/aromatic N) is 3. The van der Waals surface area contributed by atoms with Gasteiger partial charge in [0.05, 0.1) is 28.3 Å². The molecule has 9 nitrogen and oxygen atoms in total. The van der Waals surface area contributed by atoms with Gasteiger partial charge in [-0.05, 0) is 61.2 Å². The lowest BCUT2D eigenvalue weighted by molar-refractivity contribution is -0.114. The highest BCUT2D eigenvalue weighted by Crippen LogP contribution is 2.46. The van der Waals surface area contributed by atoms with Gasteiger partial charge in [-0.15, -0.1) is 0 Å². The van der Waals surface area contributed by atoms with Crippen molar-refractivity contribution in [3.63, 3.8) is 0 Å². The van der Waals surface area contributed by atoms with Crippen LogP contribution in [0.1, 0.15) is 31.7 Å². The number of amides is 2. The fourth-order valence-corrected chi connectivity index (χ4v) is 6.01. The first-order valence-corrected chi connectivity index (χ1v) is 13.9. The number of hydrogen-bond acceptors (Lipinski definition) is 5. The summed E-state index contributed by atoms with van der Waals surface area (Å²) >= 11 is 0. The average molecular weight is 557 g/mol. The Kier molecular flexibility index (Phi) is 6.00. The third kappa shape index (κ3) is 4.26. The molecule has 3 aromatic carbocycles. The maximum atomic E-state index is 11.8. The Bertz CT molecular complexity index is 1860. The lowest BCUT2D eigenvalue weighted by atomic mass is 9.71. The summed E-state index contributed by atoms with van der Waals surface area (Å²) in [5, 5.41) is 18.6. The second-order valence-electron chi connectivity index (χ2n) is 10.7. The Morgan fingerprint density at radius 1 is 0.952 bits per heavy atom. The van der Waals surface area contributed by atoms with Crippen molar-refractivity contribution in [1.29, 1.82) is 0 Å². The maximum absolute atomic E-state index is 11.8. The highest BCUT2D eigenvalue weighted by atomic mass is 16.4. The topological polar surface area (TPSA) is 121 Å². The van der Waals surface area contributed by atoms with Crippen molar-refractivity contribution in [2.45, 2.75) is 31.7 Å². The number of hydrogen-bond donors (Lipinski definition) is 4. The van der Waals surface area contributed by atoms with E-state index in [-0.39, 0.29) is 5.91 Å². The van der Waals surface area contributed by atoms with Crippen LogP contribution in [0.3, 0.4) is 0 Å². The summed E-state index contributed by atoms with van der Waals surface area (Å²) in [5.41, 5.74) is 7.10. The number of rotatable bonds is 5. The summed E-state index contributed by atoms with van der Waals surface area (Å²) in [6, 6.07) is 27.7. The number of carbonyl (C=O) groups excluding carboxylic acids is 1. The fourth-order valence-electron chi connectivity index (χ4n) is 6.01. The minimum atomic E-state index is -1.02. The average Bonchev–Trinajstić information content (AvgIpc) is 3.29. The molecule has 0 radical (unpaired) electrons. The van der Waals surface area contributed by atoms with E-state index in [4.69, 9.17) is 4.98 Å². The summed E-state index contributed by atoms with van der Waals surface area (Å²) in [4.78, 5) is 33.3. The molecule has 9 heteroatoms. The van der Waals surface area contributed by atoms with Crippen LogP contribution in [0.4, 0.5) is 22.0 Å². The second kappa shape index (κ2) is 9.88. The van der Waals surface area contributed by atoms with Crippen LogP contribution < -0.4 is 16.0 Å². The van der Waals surface area contributed by atoms with Gasteiger partial charge in [-0.3, -0.25) is 9.36 Å². The predicted octanol–water partition coefficient (Wildman–Crippen LogP) is 6.93. The van der Waals surface area contributed by atoms with Crippen molar-refractivity contribution < 1.29 is 14.7 Å². The normalized spacial score (nSPS) is 14.2. The summed E-state index contributed by atoms with van der Waals surface area (Å²) in [7, 11) is 0. The number of anilines is 3. The monoisotopic (exact) mass is 556 g/mol. The molecule has 5 aromatic rings. The van der Waals surface area contributed by atoms with Gasteiger partial charge in [-0.1, -0.05) is 48.5 Å². The molecule has 2 aromatic heterocycles. The minimum Gasteiger partial charge on any atom is -0.465 e. The minimum absolute atomic E-state index is 0.150. The van der Waals surface area contributed by atoms with E-state index in [2.05, 4.69) is 25.5 Å². The molecule has 0 bridgehead atoms. The van der Waals surface area contributed by atoms with Crippen LogP contribution in [0.25, 0.3) is 39.6 Å². The van der Waals surface area contributed by atoms with Crippen LogP contribution in [0.2, 0.25) is 0 Å². The highest BCUT2D eigenvalue weighted by Gasteiger charge is 2.40. The van der Waals surface area contributed by atoms with E-state index in [1.807, 2.05) is 84.9 Å². The molecule has 42 heavy (non-hydrogen) atoms. The lowest BCUT2D eigenvalue weighted by Crippen LogP contribution is -2.50. The van der Waals surface area contributed by atoms with Crippen LogP contribution in [0.5, 0.6) is 0 Å². The molecule has 1 saturated carbocycles. The van der Waals surface area contributed by atoms with Gasteiger partial charge in [-0.25, -0.2) is 14.8 Å². The quantitative estimate of drug-likeness (QED) is 0.183. The summed E-state index contributed by atoms with van der Waals surface area (Å²) in [5.74, 6) is 1.31. The van der Waals surface area contributed by atoms with E-state index in [0.29, 0.717) is 11.5 Å². The Morgan fingerprint density at radius 2 is 1.76 bits per heavy atom. The Labute approximate surface area is 242 Å².